The topological polar surface area (TPSA) is 18.5 Å². The molecular formula is C14H18BClF2O2. The van der Waals surface area contributed by atoms with Gasteiger partial charge in [-0.15, -0.1) is 0 Å². The van der Waals surface area contributed by atoms with E-state index in [1.165, 1.54) is 0 Å². The highest BCUT2D eigenvalue weighted by Crippen LogP contribution is 2.37. The molecule has 1 aromatic rings. The summed E-state index contributed by atoms with van der Waals surface area (Å²) in [6.07, 6.45) is -2.76. The van der Waals surface area contributed by atoms with Crippen molar-refractivity contribution in [1.82, 2.24) is 0 Å². The lowest BCUT2D eigenvalue weighted by atomic mass is 9.75. The SMILES string of the molecule is CC1(C)OB(c2cc(Cl)ccc2CC(F)F)OC1(C)C. The highest BCUT2D eigenvalue weighted by Gasteiger charge is 2.52. The number of hydrogen-bond donors (Lipinski definition) is 0. The van der Waals surface area contributed by atoms with Crippen molar-refractivity contribution in [2.45, 2.75) is 51.7 Å². The van der Waals surface area contributed by atoms with E-state index in [9.17, 15) is 8.78 Å². The van der Waals surface area contributed by atoms with Gasteiger partial charge in [0, 0.05) is 11.4 Å². The van der Waals surface area contributed by atoms with Gasteiger partial charge in [-0.3, -0.25) is 0 Å². The van der Waals surface area contributed by atoms with E-state index in [1.54, 1.807) is 18.2 Å². The van der Waals surface area contributed by atoms with Crippen LogP contribution in [-0.2, 0) is 15.7 Å². The van der Waals surface area contributed by atoms with Gasteiger partial charge in [-0.1, -0.05) is 17.7 Å². The molecule has 0 bridgehead atoms. The maximum atomic E-state index is 12.7. The minimum atomic E-state index is -2.42. The quantitative estimate of drug-likeness (QED) is 0.796. The van der Waals surface area contributed by atoms with Crippen LogP contribution >= 0.6 is 11.6 Å². The molecule has 0 amide bonds. The fraction of sp³-hybridized carbons (Fsp3) is 0.571. The number of benzene rings is 1. The van der Waals surface area contributed by atoms with Crippen LogP contribution in [0.2, 0.25) is 5.02 Å². The zero-order valence-electron chi connectivity index (χ0n) is 12.0. The largest absolute Gasteiger partial charge is 0.495 e. The molecule has 1 heterocycles. The summed E-state index contributed by atoms with van der Waals surface area (Å²) >= 11 is 5.98. The van der Waals surface area contributed by atoms with Gasteiger partial charge in [-0.2, -0.15) is 0 Å². The van der Waals surface area contributed by atoms with Crippen LogP contribution in [0.1, 0.15) is 33.3 Å². The van der Waals surface area contributed by atoms with Gasteiger partial charge in [0.2, 0.25) is 6.43 Å². The Labute approximate surface area is 123 Å². The molecular weight excluding hydrogens is 284 g/mol. The van der Waals surface area contributed by atoms with Crippen LogP contribution in [0, 0.1) is 0 Å². The van der Waals surface area contributed by atoms with Crippen molar-refractivity contribution in [3.05, 3.63) is 28.8 Å². The number of rotatable bonds is 3. The Kier molecular flexibility index (Phi) is 4.16. The van der Waals surface area contributed by atoms with E-state index in [-0.39, 0.29) is 6.42 Å². The lowest BCUT2D eigenvalue weighted by molar-refractivity contribution is 0.00578. The van der Waals surface area contributed by atoms with Gasteiger partial charge in [-0.25, -0.2) is 8.78 Å². The van der Waals surface area contributed by atoms with Crippen LogP contribution in [0.3, 0.4) is 0 Å². The van der Waals surface area contributed by atoms with E-state index in [2.05, 4.69) is 0 Å². The summed E-state index contributed by atoms with van der Waals surface area (Å²) in [5.41, 5.74) is 0.0591. The molecule has 0 atom stereocenters. The van der Waals surface area contributed by atoms with Crippen LogP contribution in [-0.4, -0.2) is 24.7 Å². The summed E-state index contributed by atoms with van der Waals surface area (Å²) in [6.45, 7) is 7.68. The van der Waals surface area contributed by atoms with Crippen LogP contribution in [0.15, 0.2) is 18.2 Å². The van der Waals surface area contributed by atoms with Crippen LogP contribution < -0.4 is 5.46 Å². The molecule has 0 radical (unpaired) electrons. The Balaban J connectivity index is 2.36. The summed E-state index contributed by atoms with van der Waals surface area (Å²) in [5.74, 6) is 0. The van der Waals surface area contributed by atoms with Gasteiger partial charge in [0.25, 0.3) is 0 Å². The summed E-state index contributed by atoms with van der Waals surface area (Å²) in [4.78, 5) is 0. The molecule has 0 spiro atoms. The van der Waals surface area contributed by atoms with Crippen LogP contribution in [0.5, 0.6) is 0 Å². The average Bonchev–Trinajstić information content (AvgIpc) is 2.50. The summed E-state index contributed by atoms with van der Waals surface area (Å²) in [6, 6.07) is 4.85. The molecule has 2 nitrogen and oxygen atoms in total. The number of hydrogen-bond acceptors (Lipinski definition) is 2. The molecule has 0 aromatic heterocycles. The maximum Gasteiger partial charge on any atom is 0.495 e. The average molecular weight is 303 g/mol. The predicted molar refractivity (Wildman–Crippen MR) is 76.9 cm³/mol. The van der Waals surface area contributed by atoms with E-state index in [0.29, 0.717) is 16.0 Å². The third-order valence-electron chi connectivity index (χ3n) is 3.99. The molecule has 1 aromatic carbocycles. The highest BCUT2D eigenvalue weighted by atomic mass is 35.5. The number of alkyl halides is 2. The minimum absolute atomic E-state index is 0.337. The molecule has 0 saturated carbocycles. The van der Waals surface area contributed by atoms with E-state index in [0.717, 1.165) is 0 Å². The first-order valence-electron chi connectivity index (χ1n) is 6.54. The van der Waals surface area contributed by atoms with Crippen molar-refractivity contribution in [2.75, 3.05) is 0 Å². The van der Waals surface area contributed by atoms with E-state index < -0.39 is 24.7 Å². The third kappa shape index (κ3) is 3.00. The van der Waals surface area contributed by atoms with E-state index >= 15 is 0 Å². The molecule has 1 aliphatic rings. The monoisotopic (exact) mass is 302 g/mol. The molecule has 1 saturated heterocycles. The molecule has 1 aliphatic heterocycles. The lowest BCUT2D eigenvalue weighted by Crippen LogP contribution is -2.41. The summed E-state index contributed by atoms with van der Waals surface area (Å²) < 4.78 is 37.2. The minimum Gasteiger partial charge on any atom is -0.399 e. The standard InChI is InChI=1S/C14H18BClF2O2/c1-13(2)14(3,4)20-15(19-13)11-8-10(16)6-5-9(11)7-12(17)18/h5-6,8,12H,7H2,1-4H3. The van der Waals surface area contributed by atoms with Gasteiger partial charge in [0.15, 0.2) is 0 Å². The van der Waals surface area contributed by atoms with E-state index in [1.807, 2.05) is 27.7 Å². The van der Waals surface area contributed by atoms with Gasteiger partial charge in [0.1, 0.15) is 0 Å². The highest BCUT2D eigenvalue weighted by molar-refractivity contribution is 6.63. The predicted octanol–water partition coefficient (Wildman–Crippen LogP) is 3.45. The Bertz CT molecular complexity index is 490. The van der Waals surface area contributed by atoms with Crippen molar-refractivity contribution in [1.29, 1.82) is 0 Å². The van der Waals surface area contributed by atoms with Crippen LogP contribution in [0.25, 0.3) is 0 Å². The molecule has 20 heavy (non-hydrogen) atoms. The molecule has 0 aliphatic carbocycles. The normalized spacial score (nSPS) is 20.7. The zero-order valence-corrected chi connectivity index (χ0v) is 12.8. The molecule has 1 fully saturated rings. The van der Waals surface area contributed by atoms with Crippen molar-refractivity contribution >= 4 is 24.2 Å². The summed E-state index contributed by atoms with van der Waals surface area (Å²) in [7, 11) is -0.674. The number of halogens is 3. The first kappa shape index (κ1) is 15.7. The second-order valence-electron chi connectivity index (χ2n) is 6.03. The summed E-state index contributed by atoms with van der Waals surface area (Å²) in [5, 5.41) is 0.479. The molecule has 2 rings (SSSR count). The van der Waals surface area contributed by atoms with Gasteiger partial charge in [0.05, 0.1) is 11.2 Å². The second kappa shape index (κ2) is 5.28. The van der Waals surface area contributed by atoms with Crippen LogP contribution in [0.4, 0.5) is 8.78 Å². The lowest BCUT2D eigenvalue weighted by Gasteiger charge is -2.32. The fourth-order valence-corrected chi connectivity index (χ4v) is 2.29. The Morgan fingerprint density at radius 3 is 2.20 bits per heavy atom. The zero-order chi connectivity index (χ0) is 15.1. The Morgan fingerprint density at radius 1 is 1.15 bits per heavy atom. The third-order valence-corrected chi connectivity index (χ3v) is 4.22. The van der Waals surface area contributed by atoms with Gasteiger partial charge < -0.3 is 9.31 Å². The Morgan fingerprint density at radius 2 is 1.70 bits per heavy atom. The van der Waals surface area contributed by atoms with Crippen molar-refractivity contribution in [3.63, 3.8) is 0 Å². The molecule has 0 N–H and O–H groups in total. The molecule has 6 heteroatoms. The van der Waals surface area contributed by atoms with E-state index in [4.69, 9.17) is 20.9 Å². The van der Waals surface area contributed by atoms with Gasteiger partial charge >= 0.3 is 7.12 Å². The maximum absolute atomic E-state index is 12.7. The second-order valence-corrected chi connectivity index (χ2v) is 6.46. The molecule has 110 valence electrons. The van der Waals surface area contributed by atoms with Crippen molar-refractivity contribution in [2.24, 2.45) is 0 Å². The first-order valence-corrected chi connectivity index (χ1v) is 6.92. The fourth-order valence-electron chi connectivity index (χ4n) is 2.11. The smallest absolute Gasteiger partial charge is 0.399 e. The first-order chi connectivity index (χ1) is 9.12. The van der Waals surface area contributed by atoms with Crippen molar-refractivity contribution < 1.29 is 18.1 Å². The Hall–Kier alpha value is -0.645. The molecule has 0 unspecified atom stereocenters. The van der Waals surface area contributed by atoms with Gasteiger partial charge in [-0.05, 0) is 50.9 Å². The van der Waals surface area contributed by atoms with Crippen molar-refractivity contribution in [3.8, 4) is 0 Å².